The van der Waals surface area contributed by atoms with Crippen molar-refractivity contribution < 1.29 is 4.42 Å². The minimum Gasteiger partial charge on any atom is -0.429 e. The van der Waals surface area contributed by atoms with Gasteiger partial charge in [-0.25, -0.2) is 0 Å². The maximum atomic E-state index is 5.41. The molecule has 0 atom stereocenters. The second-order valence-electron chi connectivity index (χ2n) is 2.47. The second-order valence-corrected chi connectivity index (χ2v) is 3.25. The summed E-state index contributed by atoms with van der Waals surface area (Å²) < 4.78 is 5.11. The van der Waals surface area contributed by atoms with Crippen LogP contribution in [0, 0.1) is 6.92 Å². The van der Waals surface area contributed by atoms with Crippen molar-refractivity contribution in [2.45, 2.75) is 6.92 Å². The molecule has 0 aliphatic heterocycles. The van der Waals surface area contributed by atoms with E-state index in [4.69, 9.17) is 10.2 Å². The summed E-state index contributed by atoms with van der Waals surface area (Å²) in [7, 11) is 0. The molecule has 0 unspecified atom stereocenters. The number of hydrogen-bond donors (Lipinski definition) is 1. The SMILES string of the molecule is Cc1oc(N)nc1-c1ccsc1. The Morgan fingerprint density at radius 3 is 2.92 bits per heavy atom. The highest BCUT2D eigenvalue weighted by Gasteiger charge is 2.08. The van der Waals surface area contributed by atoms with Crippen molar-refractivity contribution in [3.05, 3.63) is 22.6 Å². The van der Waals surface area contributed by atoms with E-state index in [9.17, 15) is 0 Å². The summed E-state index contributed by atoms with van der Waals surface area (Å²) in [6, 6.07) is 2.23. The van der Waals surface area contributed by atoms with Crippen LogP contribution in [0.3, 0.4) is 0 Å². The lowest BCUT2D eigenvalue weighted by atomic mass is 10.2. The van der Waals surface area contributed by atoms with Gasteiger partial charge in [-0.15, -0.1) is 0 Å². The molecule has 2 heterocycles. The fourth-order valence-corrected chi connectivity index (χ4v) is 1.72. The number of nitrogens with zero attached hydrogens (tertiary/aromatic N) is 1. The number of oxazole rings is 1. The first-order chi connectivity index (χ1) is 5.77. The maximum absolute atomic E-state index is 5.41. The Morgan fingerprint density at radius 2 is 2.42 bits per heavy atom. The van der Waals surface area contributed by atoms with Crippen LogP contribution in [0.1, 0.15) is 5.76 Å². The minimum absolute atomic E-state index is 0.230. The topological polar surface area (TPSA) is 52.0 Å². The van der Waals surface area contributed by atoms with Crippen LogP contribution in [-0.2, 0) is 0 Å². The van der Waals surface area contributed by atoms with Gasteiger partial charge in [0.2, 0.25) is 0 Å². The number of thiophene rings is 1. The number of aromatic nitrogens is 1. The predicted octanol–water partition coefficient (Wildman–Crippen LogP) is 2.29. The first kappa shape index (κ1) is 7.36. The first-order valence-corrected chi connectivity index (χ1v) is 4.47. The lowest BCUT2D eigenvalue weighted by molar-refractivity contribution is 0.549. The van der Waals surface area contributed by atoms with Gasteiger partial charge in [0.15, 0.2) is 0 Å². The molecule has 0 saturated heterocycles. The van der Waals surface area contributed by atoms with Crippen molar-refractivity contribution >= 4 is 17.4 Å². The van der Waals surface area contributed by atoms with Crippen molar-refractivity contribution in [1.82, 2.24) is 4.98 Å². The molecule has 0 amide bonds. The van der Waals surface area contributed by atoms with E-state index in [1.807, 2.05) is 23.8 Å². The van der Waals surface area contributed by atoms with Crippen LogP contribution in [0.5, 0.6) is 0 Å². The summed E-state index contributed by atoms with van der Waals surface area (Å²) in [5.74, 6) is 0.769. The van der Waals surface area contributed by atoms with Gasteiger partial charge in [0.1, 0.15) is 11.5 Å². The quantitative estimate of drug-likeness (QED) is 0.732. The van der Waals surface area contributed by atoms with Crippen LogP contribution in [-0.4, -0.2) is 4.98 Å². The van der Waals surface area contributed by atoms with E-state index < -0.39 is 0 Å². The third-order valence-corrected chi connectivity index (χ3v) is 2.29. The lowest BCUT2D eigenvalue weighted by Crippen LogP contribution is -1.82. The summed E-state index contributed by atoms with van der Waals surface area (Å²) >= 11 is 1.63. The fourth-order valence-electron chi connectivity index (χ4n) is 1.08. The Bertz CT molecular complexity index is 378. The van der Waals surface area contributed by atoms with Gasteiger partial charge < -0.3 is 10.2 Å². The Kier molecular flexibility index (Phi) is 1.62. The van der Waals surface area contributed by atoms with Crippen molar-refractivity contribution in [3.8, 4) is 11.3 Å². The fraction of sp³-hybridized carbons (Fsp3) is 0.125. The van der Waals surface area contributed by atoms with E-state index >= 15 is 0 Å². The third-order valence-electron chi connectivity index (χ3n) is 1.61. The Labute approximate surface area is 73.8 Å². The highest BCUT2D eigenvalue weighted by Crippen LogP contribution is 2.25. The molecule has 0 fully saturated rings. The van der Waals surface area contributed by atoms with Crippen molar-refractivity contribution in [3.63, 3.8) is 0 Å². The zero-order chi connectivity index (χ0) is 8.55. The van der Waals surface area contributed by atoms with Gasteiger partial charge >= 0.3 is 0 Å². The van der Waals surface area contributed by atoms with Crippen LogP contribution in [0.2, 0.25) is 0 Å². The van der Waals surface area contributed by atoms with Gasteiger partial charge in [-0.1, -0.05) is 0 Å². The van der Waals surface area contributed by atoms with E-state index in [2.05, 4.69) is 4.98 Å². The van der Waals surface area contributed by atoms with Gasteiger partial charge in [0, 0.05) is 10.9 Å². The molecule has 2 rings (SSSR count). The molecule has 62 valence electrons. The van der Waals surface area contributed by atoms with E-state index in [0.717, 1.165) is 17.0 Å². The summed E-state index contributed by atoms with van der Waals surface area (Å²) in [6.45, 7) is 1.86. The normalized spacial score (nSPS) is 10.4. The number of nitrogens with two attached hydrogens (primary N) is 1. The zero-order valence-corrected chi connectivity index (χ0v) is 7.39. The Morgan fingerprint density at radius 1 is 1.58 bits per heavy atom. The van der Waals surface area contributed by atoms with Crippen LogP contribution >= 0.6 is 11.3 Å². The van der Waals surface area contributed by atoms with Crippen LogP contribution in [0.25, 0.3) is 11.3 Å². The van der Waals surface area contributed by atoms with E-state index in [1.165, 1.54) is 0 Å². The molecule has 0 spiro atoms. The van der Waals surface area contributed by atoms with Gasteiger partial charge in [0.25, 0.3) is 6.01 Å². The third kappa shape index (κ3) is 1.10. The molecule has 0 bridgehead atoms. The number of aryl methyl sites for hydroxylation is 1. The second kappa shape index (κ2) is 2.64. The van der Waals surface area contributed by atoms with Gasteiger partial charge in [0.05, 0.1) is 0 Å². The molecular formula is C8H8N2OS. The largest absolute Gasteiger partial charge is 0.429 e. The van der Waals surface area contributed by atoms with Gasteiger partial charge in [-0.05, 0) is 18.4 Å². The Hall–Kier alpha value is -1.29. The van der Waals surface area contributed by atoms with Crippen molar-refractivity contribution in [1.29, 1.82) is 0 Å². The number of rotatable bonds is 1. The molecule has 2 aromatic rings. The van der Waals surface area contributed by atoms with Crippen molar-refractivity contribution in [2.75, 3.05) is 5.73 Å². The zero-order valence-electron chi connectivity index (χ0n) is 6.57. The Balaban J connectivity index is 2.54. The number of anilines is 1. The molecule has 2 N–H and O–H groups in total. The molecular weight excluding hydrogens is 172 g/mol. The van der Waals surface area contributed by atoms with Gasteiger partial charge in [-0.3, -0.25) is 0 Å². The van der Waals surface area contributed by atoms with E-state index in [0.29, 0.717) is 0 Å². The van der Waals surface area contributed by atoms with Crippen LogP contribution in [0.4, 0.5) is 6.01 Å². The predicted molar refractivity (Wildman–Crippen MR) is 49.0 cm³/mol. The summed E-state index contributed by atoms with van der Waals surface area (Å²) in [5.41, 5.74) is 7.32. The number of hydrogen-bond acceptors (Lipinski definition) is 4. The van der Waals surface area contributed by atoms with E-state index in [1.54, 1.807) is 11.3 Å². The standard InChI is InChI=1S/C8H8N2OS/c1-5-7(10-8(9)11-5)6-2-3-12-4-6/h2-4H,1H3,(H2,9,10). The minimum atomic E-state index is 0.230. The molecule has 0 radical (unpaired) electrons. The molecule has 12 heavy (non-hydrogen) atoms. The van der Waals surface area contributed by atoms with Crippen LogP contribution in [0.15, 0.2) is 21.2 Å². The molecule has 0 saturated carbocycles. The lowest BCUT2D eigenvalue weighted by Gasteiger charge is -1.88. The van der Waals surface area contributed by atoms with Crippen molar-refractivity contribution in [2.24, 2.45) is 0 Å². The molecule has 2 aromatic heterocycles. The number of nitrogen functional groups attached to an aromatic ring is 1. The smallest absolute Gasteiger partial charge is 0.292 e. The monoisotopic (exact) mass is 180 g/mol. The maximum Gasteiger partial charge on any atom is 0.292 e. The summed E-state index contributed by atoms with van der Waals surface area (Å²) in [4.78, 5) is 4.07. The molecule has 3 nitrogen and oxygen atoms in total. The molecule has 4 heteroatoms. The highest BCUT2D eigenvalue weighted by atomic mass is 32.1. The average molecular weight is 180 g/mol. The molecule has 0 aliphatic carbocycles. The summed E-state index contributed by atoms with van der Waals surface area (Å²) in [6.07, 6.45) is 0. The van der Waals surface area contributed by atoms with E-state index in [-0.39, 0.29) is 6.01 Å². The molecule has 0 aliphatic rings. The summed E-state index contributed by atoms with van der Waals surface area (Å²) in [5, 5.41) is 4.02. The first-order valence-electron chi connectivity index (χ1n) is 3.53. The average Bonchev–Trinajstić information content (AvgIpc) is 2.58. The van der Waals surface area contributed by atoms with Crippen LogP contribution < -0.4 is 5.73 Å². The van der Waals surface area contributed by atoms with Gasteiger partial charge in [-0.2, -0.15) is 16.3 Å². The highest BCUT2D eigenvalue weighted by molar-refractivity contribution is 7.08. The molecule has 0 aromatic carbocycles.